The number of nitrogens with zero attached hydrogens (tertiary/aromatic N) is 1. The molecular formula is C17H22N2O3. The fourth-order valence-electron chi connectivity index (χ4n) is 2.64. The van der Waals surface area contributed by atoms with Gasteiger partial charge in [0.05, 0.1) is 18.7 Å². The molecule has 2 amide bonds. The van der Waals surface area contributed by atoms with Crippen LogP contribution in [0.5, 0.6) is 0 Å². The molecule has 0 bridgehead atoms. The molecule has 1 aromatic rings. The van der Waals surface area contributed by atoms with E-state index in [1.54, 1.807) is 11.8 Å². The average molecular weight is 302 g/mol. The molecule has 0 aromatic heterocycles. The number of unbranched alkanes of at least 4 members (excludes halogenated alkanes) is 1. The van der Waals surface area contributed by atoms with Crippen molar-refractivity contribution >= 4 is 12.0 Å². The number of hydrogen-bond donors (Lipinski definition) is 1. The van der Waals surface area contributed by atoms with Crippen molar-refractivity contribution in [2.24, 2.45) is 0 Å². The zero-order chi connectivity index (χ0) is 16.1. The summed E-state index contributed by atoms with van der Waals surface area (Å²) < 4.78 is 4.93. The van der Waals surface area contributed by atoms with Crippen LogP contribution < -0.4 is 5.32 Å². The quantitative estimate of drug-likeness (QED) is 0.851. The Bertz CT molecular complexity index is 581. The first-order valence-corrected chi connectivity index (χ1v) is 7.52. The van der Waals surface area contributed by atoms with E-state index in [0.29, 0.717) is 17.8 Å². The van der Waals surface area contributed by atoms with Gasteiger partial charge in [0, 0.05) is 12.2 Å². The van der Waals surface area contributed by atoms with Crippen LogP contribution >= 0.6 is 0 Å². The standard InChI is InChI=1S/C17H22N2O3/c1-4-5-11-19-12(2)14(16(20)22-3)15(18-17(19)21)13-9-7-6-8-10-13/h6-10,15H,4-5,11H2,1-3H3,(H,18,21)/t15-/m0/s1. The number of allylic oxidation sites excluding steroid dienone is 1. The number of amides is 2. The van der Waals surface area contributed by atoms with Gasteiger partial charge in [-0.1, -0.05) is 43.7 Å². The molecule has 22 heavy (non-hydrogen) atoms. The summed E-state index contributed by atoms with van der Waals surface area (Å²) in [5, 5.41) is 2.92. The lowest BCUT2D eigenvalue weighted by atomic mass is 9.95. The molecule has 0 unspecified atom stereocenters. The van der Waals surface area contributed by atoms with E-state index in [1.807, 2.05) is 30.3 Å². The van der Waals surface area contributed by atoms with Crippen molar-refractivity contribution in [2.45, 2.75) is 32.7 Å². The summed E-state index contributed by atoms with van der Waals surface area (Å²) in [5.74, 6) is -0.409. The summed E-state index contributed by atoms with van der Waals surface area (Å²) >= 11 is 0. The van der Waals surface area contributed by atoms with Crippen LogP contribution in [0, 0.1) is 0 Å². The first-order valence-electron chi connectivity index (χ1n) is 7.52. The van der Waals surface area contributed by atoms with Crippen molar-refractivity contribution in [3.8, 4) is 0 Å². The molecule has 5 heteroatoms. The Balaban J connectivity index is 2.45. The number of nitrogens with one attached hydrogen (secondary N) is 1. The Morgan fingerprint density at radius 2 is 2.00 bits per heavy atom. The zero-order valence-electron chi connectivity index (χ0n) is 13.3. The second-order valence-electron chi connectivity index (χ2n) is 5.29. The van der Waals surface area contributed by atoms with Crippen molar-refractivity contribution in [2.75, 3.05) is 13.7 Å². The van der Waals surface area contributed by atoms with Crippen LogP contribution in [0.15, 0.2) is 41.6 Å². The van der Waals surface area contributed by atoms with Crippen LogP contribution in [0.25, 0.3) is 0 Å². The monoisotopic (exact) mass is 302 g/mol. The summed E-state index contributed by atoms with van der Waals surface area (Å²) in [6, 6.07) is 8.80. The van der Waals surface area contributed by atoms with Crippen molar-refractivity contribution in [3.63, 3.8) is 0 Å². The molecule has 1 atom stereocenters. The van der Waals surface area contributed by atoms with Gasteiger partial charge in [-0.15, -0.1) is 0 Å². The number of urea groups is 1. The van der Waals surface area contributed by atoms with Crippen LogP contribution in [0.4, 0.5) is 4.79 Å². The fourth-order valence-corrected chi connectivity index (χ4v) is 2.64. The molecule has 2 rings (SSSR count). The molecule has 1 aliphatic heterocycles. The Morgan fingerprint density at radius 3 is 2.59 bits per heavy atom. The highest BCUT2D eigenvalue weighted by molar-refractivity contribution is 5.94. The van der Waals surface area contributed by atoms with E-state index in [-0.39, 0.29) is 6.03 Å². The van der Waals surface area contributed by atoms with E-state index in [4.69, 9.17) is 4.74 Å². The van der Waals surface area contributed by atoms with E-state index in [2.05, 4.69) is 12.2 Å². The van der Waals surface area contributed by atoms with Crippen LogP contribution in [0.1, 0.15) is 38.3 Å². The third kappa shape index (κ3) is 3.13. The van der Waals surface area contributed by atoms with Gasteiger partial charge in [-0.3, -0.25) is 4.90 Å². The first kappa shape index (κ1) is 16.1. The molecule has 0 aliphatic carbocycles. The van der Waals surface area contributed by atoms with Gasteiger partial charge < -0.3 is 10.1 Å². The molecule has 0 fully saturated rings. The summed E-state index contributed by atoms with van der Waals surface area (Å²) in [7, 11) is 1.36. The number of methoxy groups -OCH3 is 1. The van der Waals surface area contributed by atoms with Gasteiger partial charge in [0.1, 0.15) is 0 Å². The topological polar surface area (TPSA) is 58.6 Å². The van der Waals surface area contributed by atoms with Gasteiger partial charge in [-0.05, 0) is 18.9 Å². The molecule has 1 heterocycles. The third-order valence-electron chi connectivity index (χ3n) is 3.87. The number of rotatable bonds is 5. The van der Waals surface area contributed by atoms with Gasteiger partial charge in [0.15, 0.2) is 0 Å². The smallest absolute Gasteiger partial charge is 0.337 e. The fraction of sp³-hybridized carbons (Fsp3) is 0.412. The minimum atomic E-state index is -0.473. The maximum Gasteiger partial charge on any atom is 0.337 e. The Kier molecular flexibility index (Phi) is 5.20. The average Bonchev–Trinajstić information content (AvgIpc) is 2.54. The van der Waals surface area contributed by atoms with E-state index in [9.17, 15) is 9.59 Å². The minimum absolute atomic E-state index is 0.174. The van der Waals surface area contributed by atoms with Crippen LogP contribution in [0.3, 0.4) is 0 Å². The number of ether oxygens (including phenoxy) is 1. The number of hydrogen-bond acceptors (Lipinski definition) is 3. The highest BCUT2D eigenvalue weighted by Gasteiger charge is 2.35. The van der Waals surface area contributed by atoms with Crippen molar-refractivity contribution in [3.05, 3.63) is 47.2 Å². The second-order valence-corrected chi connectivity index (χ2v) is 5.29. The molecule has 0 saturated carbocycles. The summed E-state index contributed by atoms with van der Waals surface area (Å²) in [6.07, 6.45) is 1.86. The molecule has 0 radical (unpaired) electrons. The molecule has 5 nitrogen and oxygen atoms in total. The van der Waals surface area contributed by atoms with Crippen LogP contribution in [-0.4, -0.2) is 30.6 Å². The van der Waals surface area contributed by atoms with E-state index < -0.39 is 12.0 Å². The van der Waals surface area contributed by atoms with Crippen molar-refractivity contribution in [1.82, 2.24) is 10.2 Å². The Hall–Kier alpha value is -2.30. The normalized spacial score (nSPS) is 18.2. The van der Waals surface area contributed by atoms with Crippen molar-refractivity contribution in [1.29, 1.82) is 0 Å². The van der Waals surface area contributed by atoms with Gasteiger partial charge in [0.2, 0.25) is 0 Å². The molecule has 118 valence electrons. The molecule has 1 N–H and O–H groups in total. The number of carbonyl (C=O) groups is 2. The Labute approximate surface area is 130 Å². The molecular weight excluding hydrogens is 280 g/mol. The molecule has 0 saturated heterocycles. The van der Waals surface area contributed by atoms with E-state index in [0.717, 1.165) is 18.4 Å². The first-order chi connectivity index (χ1) is 10.6. The van der Waals surface area contributed by atoms with Gasteiger partial charge >= 0.3 is 12.0 Å². The van der Waals surface area contributed by atoms with Gasteiger partial charge in [-0.25, -0.2) is 9.59 Å². The third-order valence-corrected chi connectivity index (χ3v) is 3.87. The van der Waals surface area contributed by atoms with Crippen LogP contribution in [0.2, 0.25) is 0 Å². The largest absolute Gasteiger partial charge is 0.466 e. The van der Waals surface area contributed by atoms with Gasteiger partial charge in [0.25, 0.3) is 0 Å². The maximum atomic E-state index is 12.4. The lowest BCUT2D eigenvalue weighted by Crippen LogP contribution is -2.48. The highest BCUT2D eigenvalue weighted by atomic mass is 16.5. The van der Waals surface area contributed by atoms with Crippen LogP contribution in [-0.2, 0) is 9.53 Å². The summed E-state index contributed by atoms with van der Waals surface area (Å²) in [5.41, 5.74) is 2.02. The maximum absolute atomic E-state index is 12.4. The SMILES string of the molecule is CCCCN1C(=O)N[C@@H](c2ccccc2)C(C(=O)OC)=C1C. The molecule has 1 aliphatic rings. The highest BCUT2D eigenvalue weighted by Crippen LogP contribution is 2.31. The zero-order valence-corrected chi connectivity index (χ0v) is 13.3. The lowest BCUT2D eigenvalue weighted by molar-refractivity contribution is -0.136. The summed E-state index contributed by atoms with van der Waals surface area (Å²) in [4.78, 5) is 26.2. The van der Waals surface area contributed by atoms with E-state index >= 15 is 0 Å². The Morgan fingerprint density at radius 1 is 1.32 bits per heavy atom. The molecule has 1 aromatic carbocycles. The lowest BCUT2D eigenvalue weighted by Gasteiger charge is -2.35. The number of esters is 1. The number of carbonyl (C=O) groups excluding carboxylic acids is 2. The minimum Gasteiger partial charge on any atom is -0.466 e. The summed E-state index contributed by atoms with van der Waals surface area (Å²) in [6.45, 7) is 4.46. The van der Waals surface area contributed by atoms with Crippen molar-refractivity contribution < 1.29 is 14.3 Å². The van der Waals surface area contributed by atoms with E-state index in [1.165, 1.54) is 7.11 Å². The predicted molar refractivity (Wildman–Crippen MR) is 84.0 cm³/mol. The number of benzene rings is 1. The molecule has 0 spiro atoms. The van der Waals surface area contributed by atoms with Gasteiger partial charge in [-0.2, -0.15) is 0 Å². The predicted octanol–water partition coefficient (Wildman–Crippen LogP) is 3.00. The second kappa shape index (κ2) is 7.11.